The van der Waals surface area contributed by atoms with Gasteiger partial charge in [0.05, 0.1) is 23.7 Å². The van der Waals surface area contributed by atoms with Crippen molar-refractivity contribution >= 4 is 38.4 Å². The van der Waals surface area contributed by atoms with Gasteiger partial charge in [-0.25, -0.2) is 13.4 Å². The van der Waals surface area contributed by atoms with Crippen molar-refractivity contribution in [1.82, 2.24) is 5.32 Å². The molecule has 2 saturated heterocycles. The first-order chi connectivity index (χ1) is 15.0. The first kappa shape index (κ1) is 21.2. The zero-order valence-corrected chi connectivity index (χ0v) is 18.1. The largest absolute Gasteiger partial charge is 0.347 e. The molecule has 2 atom stereocenters. The summed E-state index contributed by atoms with van der Waals surface area (Å²) in [5.41, 5.74) is 1.65. The average molecular weight is 453 g/mol. The fourth-order valence-corrected chi connectivity index (χ4v) is 7.49. The van der Waals surface area contributed by atoms with Gasteiger partial charge in [-0.3, -0.25) is 4.79 Å². The number of para-hydroxylation sites is 1. The van der Waals surface area contributed by atoms with Crippen molar-refractivity contribution in [1.29, 1.82) is 5.26 Å². The Hall–Kier alpha value is -3.09. The number of nitriles is 1. The summed E-state index contributed by atoms with van der Waals surface area (Å²) >= 11 is 1.37. The fraction of sp³-hybridized carbons (Fsp3) is 0.227. The van der Waals surface area contributed by atoms with Crippen LogP contribution in [0.2, 0.25) is 0 Å². The molecular weight excluding hydrogens is 432 g/mol. The Morgan fingerprint density at radius 1 is 1.16 bits per heavy atom. The van der Waals surface area contributed by atoms with Crippen LogP contribution in [0.4, 0.5) is 5.69 Å². The molecule has 0 spiro atoms. The summed E-state index contributed by atoms with van der Waals surface area (Å²) in [6, 6.07) is 20.5. The molecule has 0 unspecified atom stereocenters. The summed E-state index contributed by atoms with van der Waals surface area (Å²) in [6.45, 7) is 0.308. The number of hydrogen-bond donors (Lipinski definition) is 1. The molecule has 4 rings (SSSR count). The van der Waals surface area contributed by atoms with E-state index in [9.17, 15) is 18.5 Å². The third-order valence-corrected chi connectivity index (χ3v) is 8.29. The highest BCUT2D eigenvalue weighted by atomic mass is 32.2. The molecule has 2 aromatic carbocycles. The van der Waals surface area contributed by atoms with Gasteiger partial charge >= 0.3 is 0 Å². The molecular formula is C22H20N4O3S2. The lowest BCUT2D eigenvalue weighted by molar-refractivity contribution is -0.117. The van der Waals surface area contributed by atoms with Gasteiger partial charge in [0.2, 0.25) is 0 Å². The normalized spacial score (nSPS) is 23.4. The van der Waals surface area contributed by atoms with Gasteiger partial charge < -0.3 is 10.2 Å². The van der Waals surface area contributed by atoms with Crippen molar-refractivity contribution in [2.45, 2.75) is 17.8 Å². The van der Waals surface area contributed by atoms with Gasteiger partial charge in [-0.05, 0) is 17.7 Å². The number of nitrogens with one attached hydrogen (secondary N) is 1. The van der Waals surface area contributed by atoms with E-state index in [1.165, 1.54) is 18.0 Å². The van der Waals surface area contributed by atoms with Crippen LogP contribution in [-0.2, 0) is 21.2 Å². The van der Waals surface area contributed by atoms with Crippen molar-refractivity contribution in [2.24, 2.45) is 4.99 Å². The molecule has 9 heteroatoms. The first-order valence-corrected chi connectivity index (χ1v) is 12.4. The Kier molecular flexibility index (Phi) is 6.11. The van der Waals surface area contributed by atoms with Crippen LogP contribution < -0.4 is 10.2 Å². The van der Waals surface area contributed by atoms with Crippen LogP contribution >= 0.6 is 11.8 Å². The van der Waals surface area contributed by atoms with E-state index in [4.69, 9.17) is 0 Å². The molecule has 0 bridgehead atoms. The second-order valence-corrected chi connectivity index (χ2v) is 10.6. The van der Waals surface area contributed by atoms with Gasteiger partial charge in [0, 0.05) is 17.5 Å². The Labute approximate surface area is 185 Å². The monoisotopic (exact) mass is 452 g/mol. The quantitative estimate of drug-likeness (QED) is 0.552. The van der Waals surface area contributed by atoms with Crippen molar-refractivity contribution in [3.63, 3.8) is 0 Å². The van der Waals surface area contributed by atoms with E-state index in [2.05, 4.69) is 10.3 Å². The van der Waals surface area contributed by atoms with E-state index < -0.39 is 15.7 Å². The molecule has 0 aliphatic carbocycles. The maximum absolute atomic E-state index is 12.4. The zero-order valence-electron chi connectivity index (χ0n) is 16.5. The van der Waals surface area contributed by atoms with Gasteiger partial charge in [0.15, 0.2) is 15.0 Å². The number of amidine groups is 1. The highest BCUT2D eigenvalue weighted by Crippen LogP contribution is 2.40. The van der Waals surface area contributed by atoms with Gasteiger partial charge in [-0.15, -0.1) is 0 Å². The van der Waals surface area contributed by atoms with Crippen LogP contribution in [0.5, 0.6) is 0 Å². The Morgan fingerprint density at radius 2 is 1.84 bits per heavy atom. The standard InChI is InChI=1S/C22H20N4O3S2/c23-11-17(21(27)24-12-16-7-3-1-4-8-16)13-25-22-26(18-9-5-2-6-10-18)19-14-31(28,29)15-20(19)30-22/h1-10,13,19-20H,12,14-15H2,(H,24,27)/b17-13+,25-22?/t19-,20+/m0/s1. The number of amides is 1. The minimum absolute atomic E-state index is 0.0605. The van der Waals surface area contributed by atoms with Crippen LogP contribution in [0, 0.1) is 11.3 Å². The van der Waals surface area contributed by atoms with E-state index in [1.54, 1.807) is 0 Å². The number of hydrogen-bond acceptors (Lipinski definition) is 6. The molecule has 158 valence electrons. The zero-order chi connectivity index (χ0) is 21.8. The third-order valence-electron chi connectivity index (χ3n) is 5.07. The van der Waals surface area contributed by atoms with Gasteiger partial charge in [-0.2, -0.15) is 5.26 Å². The number of thioether (sulfide) groups is 1. The summed E-state index contributed by atoms with van der Waals surface area (Å²) < 4.78 is 24.3. The second-order valence-electron chi connectivity index (χ2n) is 7.24. The lowest BCUT2D eigenvalue weighted by atomic mass is 10.2. The topological polar surface area (TPSA) is 103 Å². The van der Waals surface area contributed by atoms with E-state index in [0.717, 1.165) is 11.3 Å². The third kappa shape index (κ3) is 4.81. The Bertz CT molecular complexity index is 1170. The van der Waals surface area contributed by atoms with Crippen LogP contribution in [-0.4, -0.2) is 42.3 Å². The number of fused-ring (bicyclic) bond motifs is 1. The summed E-state index contributed by atoms with van der Waals surface area (Å²) in [7, 11) is -3.10. The van der Waals surface area contributed by atoms with Crippen LogP contribution in [0.15, 0.2) is 77.4 Å². The van der Waals surface area contributed by atoms with E-state index >= 15 is 0 Å². The minimum atomic E-state index is -3.10. The molecule has 31 heavy (non-hydrogen) atoms. The minimum Gasteiger partial charge on any atom is -0.347 e. The maximum atomic E-state index is 12.4. The van der Waals surface area contributed by atoms with E-state index in [-0.39, 0.29) is 28.4 Å². The number of nitrogens with zero attached hydrogens (tertiary/aromatic N) is 3. The van der Waals surface area contributed by atoms with Crippen molar-refractivity contribution in [3.8, 4) is 6.07 Å². The molecule has 1 amide bonds. The van der Waals surface area contributed by atoms with Crippen LogP contribution in [0.25, 0.3) is 0 Å². The number of benzene rings is 2. The lowest BCUT2D eigenvalue weighted by Crippen LogP contribution is -2.37. The molecule has 1 N–H and O–H groups in total. The summed E-state index contributed by atoms with van der Waals surface area (Å²) in [4.78, 5) is 18.7. The van der Waals surface area contributed by atoms with Gasteiger partial charge in [0.1, 0.15) is 11.6 Å². The number of carbonyl (C=O) groups is 1. The molecule has 2 heterocycles. The number of aliphatic imine (C=N–C) groups is 1. The highest BCUT2D eigenvalue weighted by molar-refractivity contribution is 8.16. The number of carbonyl (C=O) groups excluding carboxylic acids is 1. The Morgan fingerprint density at radius 3 is 2.52 bits per heavy atom. The average Bonchev–Trinajstić information content (AvgIpc) is 3.25. The van der Waals surface area contributed by atoms with Crippen molar-refractivity contribution < 1.29 is 13.2 Å². The van der Waals surface area contributed by atoms with E-state index in [1.807, 2.05) is 71.6 Å². The summed E-state index contributed by atoms with van der Waals surface area (Å²) in [5.74, 6) is -0.352. The molecule has 2 aliphatic rings. The molecule has 2 aromatic rings. The first-order valence-electron chi connectivity index (χ1n) is 9.68. The van der Waals surface area contributed by atoms with Gasteiger partial charge in [-0.1, -0.05) is 60.3 Å². The summed E-state index contributed by atoms with van der Waals surface area (Å²) in [6.07, 6.45) is 1.26. The number of sulfone groups is 1. The van der Waals surface area contributed by atoms with Crippen molar-refractivity contribution in [2.75, 3.05) is 16.4 Å². The molecule has 2 fully saturated rings. The smallest absolute Gasteiger partial charge is 0.263 e. The molecule has 2 aliphatic heterocycles. The van der Waals surface area contributed by atoms with Gasteiger partial charge in [0.25, 0.3) is 5.91 Å². The molecule has 0 saturated carbocycles. The van der Waals surface area contributed by atoms with Crippen LogP contribution in [0.1, 0.15) is 5.56 Å². The van der Waals surface area contributed by atoms with Crippen molar-refractivity contribution in [3.05, 3.63) is 78.0 Å². The molecule has 7 nitrogen and oxygen atoms in total. The fourth-order valence-electron chi connectivity index (χ4n) is 3.60. The van der Waals surface area contributed by atoms with E-state index in [0.29, 0.717) is 11.7 Å². The maximum Gasteiger partial charge on any atom is 0.263 e. The predicted octanol–water partition coefficient (Wildman–Crippen LogP) is 2.49. The number of anilines is 1. The van der Waals surface area contributed by atoms with Crippen LogP contribution in [0.3, 0.4) is 0 Å². The Balaban J connectivity index is 1.56. The predicted molar refractivity (Wildman–Crippen MR) is 122 cm³/mol. The highest BCUT2D eigenvalue weighted by Gasteiger charge is 2.49. The molecule has 0 aromatic heterocycles. The molecule has 0 radical (unpaired) electrons. The lowest BCUT2D eigenvalue weighted by Gasteiger charge is -2.24. The second kappa shape index (κ2) is 8.96. The number of rotatable bonds is 5. The SMILES string of the molecule is N#C/C(=C\N=C1S[C@@H]2CS(=O)(=O)C[C@@H]2N1c1ccccc1)C(=O)NCc1ccccc1. The summed E-state index contributed by atoms with van der Waals surface area (Å²) in [5, 5.41) is 12.6.